The van der Waals surface area contributed by atoms with Gasteiger partial charge in [-0.1, -0.05) is 0 Å². The van der Waals surface area contributed by atoms with Crippen molar-refractivity contribution in [3.05, 3.63) is 41.4 Å². The molecule has 2 aromatic rings. The molecule has 0 amide bonds. The molecule has 0 N–H and O–H groups in total. The minimum atomic E-state index is 0.573. The highest BCUT2D eigenvalue weighted by Gasteiger charge is 2.36. The summed E-state index contributed by atoms with van der Waals surface area (Å²) in [6.45, 7) is 2.10. The zero-order chi connectivity index (χ0) is 15.6. The summed E-state index contributed by atoms with van der Waals surface area (Å²) in [6.07, 6.45) is 10.3. The summed E-state index contributed by atoms with van der Waals surface area (Å²) in [4.78, 5) is 18.0. The average Bonchev–Trinajstić information content (AvgIpc) is 3.43. The van der Waals surface area contributed by atoms with Crippen LogP contribution in [0.3, 0.4) is 0 Å². The van der Waals surface area contributed by atoms with Crippen LogP contribution in [0.5, 0.6) is 0 Å². The van der Waals surface area contributed by atoms with Gasteiger partial charge in [-0.25, -0.2) is 15.0 Å². The molecular weight excluding hydrogens is 354 g/mol. The van der Waals surface area contributed by atoms with E-state index in [2.05, 4.69) is 52.8 Å². The number of hydrogen-bond acceptors (Lipinski definition) is 5. The highest BCUT2D eigenvalue weighted by atomic mass is 79.9. The average molecular weight is 374 g/mol. The molecule has 1 saturated carbocycles. The van der Waals surface area contributed by atoms with Gasteiger partial charge >= 0.3 is 0 Å². The SMILES string of the molecule is Brc1ccc(N2CCC(N(c3ccncn3)C3CC3)CC2)nc1. The van der Waals surface area contributed by atoms with Crippen molar-refractivity contribution in [1.82, 2.24) is 15.0 Å². The molecule has 0 atom stereocenters. The maximum Gasteiger partial charge on any atom is 0.132 e. The topological polar surface area (TPSA) is 45.2 Å². The Balaban J connectivity index is 1.45. The fourth-order valence-corrected chi connectivity index (χ4v) is 3.62. The Kier molecular flexibility index (Phi) is 4.16. The second kappa shape index (κ2) is 6.43. The third-order valence-corrected chi connectivity index (χ3v) is 5.13. The Morgan fingerprint density at radius 3 is 2.39 bits per heavy atom. The maximum absolute atomic E-state index is 4.52. The van der Waals surface area contributed by atoms with E-state index < -0.39 is 0 Å². The molecule has 2 fully saturated rings. The third-order valence-electron chi connectivity index (χ3n) is 4.66. The summed E-state index contributed by atoms with van der Waals surface area (Å²) in [5, 5.41) is 0. The Labute approximate surface area is 144 Å². The zero-order valence-electron chi connectivity index (χ0n) is 13.0. The number of hydrogen-bond donors (Lipinski definition) is 0. The molecule has 2 aromatic heterocycles. The predicted molar refractivity (Wildman–Crippen MR) is 94.7 cm³/mol. The van der Waals surface area contributed by atoms with Crippen LogP contribution in [0.4, 0.5) is 11.6 Å². The van der Waals surface area contributed by atoms with Crippen LogP contribution in [-0.2, 0) is 0 Å². The van der Waals surface area contributed by atoms with Gasteiger partial charge < -0.3 is 9.80 Å². The van der Waals surface area contributed by atoms with Gasteiger partial charge in [-0.2, -0.15) is 0 Å². The summed E-state index contributed by atoms with van der Waals surface area (Å²) in [5.74, 6) is 2.16. The summed E-state index contributed by atoms with van der Waals surface area (Å²) in [6, 6.07) is 7.44. The van der Waals surface area contributed by atoms with Crippen molar-refractivity contribution in [1.29, 1.82) is 0 Å². The first kappa shape index (κ1) is 14.9. The van der Waals surface area contributed by atoms with Crippen LogP contribution in [0.15, 0.2) is 41.4 Å². The van der Waals surface area contributed by atoms with Crippen LogP contribution in [0, 0.1) is 0 Å². The van der Waals surface area contributed by atoms with E-state index in [-0.39, 0.29) is 0 Å². The van der Waals surface area contributed by atoms with E-state index in [1.807, 2.05) is 18.5 Å². The fraction of sp³-hybridized carbons (Fsp3) is 0.471. The predicted octanol–water partition coefficient (Wildman–Crippen LogP) is 3.27. The minimum Gasteiger partial charge on any atom is -0.356 e. The smallest absolute Gasteiger partial charge is 0.132 e. The fourth-order valence-electron chi connectivity index (χ4n) is 3.39. The number of nitrogens with zero attached hydrogens (tertiary/aromatic N) is 5. The molecule has 0 bridgehead atoms. The molecule has 1 aliphatic carbocycles. The van der Waals surface area contributed by atoms with E-state index >= 15 is 0 Å². The van der Waals surface area contributed by atoms with Gasteiger partial charge in [0.1, 0.15) is 18.0 Å². The maximum atomic E-state index is 4.52. The largest absolute Gasteiger partial charge is 0.356 e. The van der Waals surface area contributed by atoms with Crippen LogP contribution in [0.25, 0.3) is 0 Å². The van der Waals surface area contributed by atoms with Crippen molar-refractivity contribution in [2.75, 3.05) is 22.9 Å². The summed E-state index contributed by atoms with van der Waals surface area (Å²) < 4.78 is 1.03. The monoisotopic (exact) mass is 373 g/mol. The second-order valence-corrected chi connectivity index (χ2v) is 7.17. The molecule has 23 heavy (non-hydrogen) atoms. The normalized spacial score (nSPS) is 18.9. The van der Waals surface area contributed by atoms with E-state index in [9.17, 15) is 0 Å². The molecule has 1 saturated heterocycles. The molecule has 5 nitrogen and oxygen atoms in total. The third kappa shape index (κ3) is 3.32. The van der Waals surface area contributed by atoms with Gasteiger partial charge in [0.25, 0.3) is 0 Å². The molecule has 1 aliphatic heterocycles. The van der Waals surface area contributed by atoms with Gasteiger partial charge in [-0.3, -0.25) is 0 Å². The number of piperidine rings is 1. The number of aromatic nitrogens is 3. The van der Waals surface area contributed by atoms with Crippen molar-refractivity contribution in [2.45, 2.75) is 37.8 Å². The summed E-state index contributed by atoms with van der Waals surface area (Å²) in [5.41, 5.74) is 0. The quantitative estimate of drug-likeness (QED) is 0.822. The van der Waals surface area contributed by atoms with Crippen molar-refractivity contribution in [2.24, 2.45) is 0 Å². The van der Waals surface area contributed by atoms with E-state index in [4.69, 9.17) is 0 Å². The molecule has 120 valence electrons. The Hall–Kier alpha value is -1.69. The van der Waals surface area contributed by atoms with Gasteiger partial charge in [0.2, 0.25) is 0 Å². The molecule has 4 rings (SSSR count). The lowest BCUT2D eigenvalue weighted by atomic mass is 10.0. The Bertz CT molecular complexity index is 636. The molecule has 0 radical (unpaired) electrons. The molecule has 0 unspecified atom stereocenters. The van der Waals surface area contributed by atoms with Crippen LogP contribution in [0.2, 0.25) is 0 Å². The van der Waals surface area contributed by atoms with Gasteiger partial charge in [0.05, 0.1) is 0 Å². The lowest BCUT2D eigenvalue weighted by Crippen LogP contribution is -2.46. The van der Waals surface area contributed by atoms with Crippen molar-refractivity contribution < 1.29 is 0 Å². The number of pyridine rings is 1. The molecular formula is C17H20BrN5. The minimum absolute atomic E-state index is 0.573. The van der Waals surface area contributed by atoms with Crippen LogP contribution in [0.1, 0.15) is 25.7 Å². The zero-order valence-corrected chi connectivity index (χ0v) is 14.6. The molecule has 2 aliphatic rings. The highest BCUT2D eigenvalue weighted by molar-refractivity contribution is 9.10. The Morgan fingerprint density at radius 2 is 1.78 bits per heavy atom. The standard InChI is InChI=1S/C17H20BrN5/c18-13-1-4-16(20-11-13)22-9-6-15(7-10-22)23(14-2-3-14)17-5-8-19-12-21-17/h1,4-5,8,11-12,14-15H,2-3,6-7,9-10H2. The highest BCUT2D eigenvalue weighted by Crippen LogP contribution is 2.35. The van der Waals surface area contributed by atoms with Gasteiger partial charge in [-0.05, 0) is 59.8 Å². The molecule has 3 heterocycles. The van der Waals surface area contributed by atoms with E-state index in [0.717, 1.165) is 42.0 Å². The van der Waals surface area contributed by atoms with Crippen LogP contribution < -0.4 is 9.80 Å². The number of anilines is 2. The lowest BCUT2D eigenvalue weighted by Gasteiger charge is -2.39. The first-order chi connectivity index (χ1) is 11.3. The molecule has 0 aromatic carbocycles. The lowest BCUT2D eigenvalue weighted by molar-refractivity contribution is 0.457. The van der Waals surface area contributed by atoms with Crippen molar-refractivity contribution in [3.63, 3.8) is 0 Å². The first-order valence-electron chi connectivity index (χ1n) is 8.22. The summed E-state index contributed by atoms with van der Waals surface area (Å²) >= 11 is 3.45. The van der Waals surface area contributed by atoms with E-state index in [1.54, 1.807) is 6.33 Å². The second-order valence-electron chi connectivity index (χ2n) is 6.26. The van der Waals surface area contributed by atoms with Gasteiger partial charge in [-0.15, -0.1) is 0 Å². The molecule has 6 heteroatoms. The van der Waals surface area contributed by atoms with Crippen LogP contribution in [-0.4, -0.2) is 40.1 Å². The molecule has 0 spiro atoms. The van der Waals surface area contributed by atoms with Gasteiger partial charge in [0.15, 0.2) is 0 Å². The van der Waals surface area contributed by atoms with Crippen LogP contribution >= 0.6 is 15.9 Å². The van der Waals surface area contributed by atoms with E-state index in [1.165, 1.54) is 12.8 Å². The van der Waals surface area contributed by atoms with Crippen molar-refractivity contribution in [3.8, 4) is 0 Å². The van der Waals surface area contributed by atoms with E-state index in [0.29, 0.717) is 12.1 Å². The Morgan fingerprint density at radius 1 is 1.00 bits per heavy atom. The number of halogens is 1. The first-order valence-corrected chi connectivity index (χ1v) is 9.01. The summed E-state index contributed by atoms with van der Waals surface area (Å²) in [7, 11) is 0. The van der Waals surface area contributed by atoms with Crippen molar-refractivity contribution >= 4 is 27.6 Å². The van der Waals surface area contributed by atoms with Gasteiger partial charge in [0, 0.05) is 42.0 Å². The number of rotatable bonds is 4.